The molecule has 1 aromatic heterocycles. The van der Waals surface area contributed by atoms with Gasteiger partial charge in [-0.15, -0.1) is 24.0 Å². The fourth-order valence-electron chi connectivity index (χ4n) is 3.00. The maximum atomic E-state index is 4.33. The van der Waals surface area contributed by atoms with E-state index < -0.39 is 0 Å². The molecule has 1 aliphatic rings. The molecule has 6 heteroatoms. The third-order valence-corrected chi connectivity index (χ3v) is 4.28. The first kappa shape index (κ1) is 20.2. The summed E-state index contributed by atoms with van der Waals surface area (Å²) in [6, 6.07) is 6.66. The van der Waals surface area contributed by atoms with Crippen molar-refractivity contribution in [2.45, 2.75) is 38.6 Å². The van der Waals surface area contributed by atoms with Crippen molar-refractivity contribution in [3.8, 4) is 0 Å². The van der Waals surface area contributed by atoms with Crippen LogP contribution in [-0.2, 0) is 6.42 Å². The predicted molar refractivity (Wildman–Crippen MR) is 108 cm³/mol. The van der Waals surface area contributed by atoms with Crippen LogP contribution in [0, 0.1) is 0 Å². The second kappa shape index (κ2) is 11.6. The smallest absolute Gasteiger partial charge is 0.191 e. The fourth-order valence-corrected chi connectivity index (χ4v) is 3.00. The fraction of sp³-hybridized carbons (Fsp3) is 0.647. The standard InChI is InChI=1S/C17H29N5.HI/c1-3-22-13-7-5-9-16(22)14-21-17(18-2)20-12-10-15-8-4-6-11-19-15;/h4,6,8,11,16H,3,5,7,9-10,12-14H2,1-2H3,(H2,18,20,21);1H. The van der Waals surface area contributed by atoms with E-state index >= 15 is 0 Å². The number of hydrogen-bond donors (Lipinski definition) is 2. The normalized spacial score (nSPS) is 19.0. The van der Waals surface area contributed by atoms with Gasteiger partial charge in [0, 0.05) is 44.5 Å². The number of likely N-dealkylation sites (tertiary alicyclic amines) is 1. The molecular formula is C17H30IN5. The first-order valence-electron chi connectivity index (χ1n) is 8.42. The summed E-state index contributed by atoms with van der Waals surface area (Å²) in [4.78, 5) is 11.2. The van der Waals surface area contributed by atoms with E-state index in [0.717, 1.165) is 37.7 Å². The number of aromatic nitrogens is 1. The van der Waals surface area contributed by atoms with Gasteiger partial charge in [-0.05, 0) is 38.1 Å². The molecule has 1 aliphatic heterocycles. The molecule has 23 heavy (non-hydrogen) atoms. The highest BCUT2D eigenvalue weighted by molar-refractivity contribution is 14.0. The molecule has 0 bridgehead atoms. The zero-order valence-corrected chi connectivity index (χ0v) is 16.6. The van der Waals surface area contributed by atoms with Gasteiger partial charge in [0.1, 0.15) is 0 Å². The number of guanidine groups is 1. The van der Waals surface area contributed by atoms with Crippen molar-refractivity contribution in [1.82, 2.24) is 20.5 Å². The largest absolute Gasteiger partial charge is 0.356 e. The molecule has 1 unspecified atom stereocenters. The van der Waals surface area contributed by atoms with Crippen LogP contribution in [0.2, 0.25) is 0 Å². The van der Waals surface area contributed by atoms with Gasteiger partial charge in [0.25, 0.3) is 0 Å². The van der Waals surface area contributed by atoms with E-state index in [1.54, 1.807) is 0 Å². The Morgan fingerprint density at radius 1 is 1.35 bits per heavy atom. The molecule has 0 aliphatic carbocycles. The van der Waals surface area contributed by atoms with Gasteiger partial charge in [0.05, 0.1) is 0 Å². The van der Waals surface area contributed by atoms with Crippen LogP contribution in [0.5, 0.6) is 0 Å². The van der Waals surface area contributed by atoms with Crippen molar-refractivity contribution >= 4 is 29.9 Å². The lowest BCUT2D eigenvalue weighted by atomic mass is 10.0. The first-order valence-corrected chi connectivity index (χ1v) is 8.42. The first-order chi connectivity index (χ1) is 10.8. The Bertz CT molecular complexity index is 452. The lowest BCUT2D eigenvalue weighted by Gasteiger charge is -2.35. The highest BCUT2D eigenvalue weighted by Gasteiger charge is 2.20. The Balaban J connectivity index is 0.00000264. The minimum atomic E-state index is 0. The van der Waals surface area contributed by atoms with Crippen molar-refractivity contribution in [2.24, 2.45) is 4.99 Å². The Hall–Kier alpha value is -0.890. The zero-order chi connectivity index (χ0) is 15.6. The summed E-state index contributed by atoms with van der Waals surface area (Å²) < 4.78 is 0. The lowest BCUT2D eigenvalue weighted by Crippen LogP contribution is -2.49. The molecule has 130 valence electrons. The topological polar surface area (TPSA) is 52.5 Å². The van der Waals surface area contributed by atoms with Crippen molar-refractivity contribution in [2.75, 3.05) is 33.2 Å². The second-order valence-corrected chi connectivity index (χ2v) is 5.73. The van der Waals surface area contributed by atoms with Crippen LogP contribution in [0.1, 0.15) is 31.9 Å². The van der Waals surface area contributed by atoms with Gasteiger partial charge < -0.3 is 10.6 Å². The van der Waals surface area contributed by atoms with Gasteiger partial charge in [-0.2, -0.15) is 0 Å². The quantitative estimate of drug-likeness (QED) is 0.412. The van der Waals surface area contributed by atoms with Crippen molar-refractivity contribution in [3.63, 3.8) is 0 Å². The summed E-state index contributed by atoms with van der Waals surface area (Å²) in [5.74, 6) is 0.887. The van der Waals surface area contributed by atoms with Crippen LogP contribution in [0.15, 0.2) is 29.4 Å². The van der Waals surface area contributed by atoms with Gasteiger partial charge >= 0.3 is 0 Å². The highest BCUT2D eigenvalue weighted by Crippen LogP contribution is 2.15. The summed E-state index contributed by atoms with van der Waals surface area (Å²) in [5, 5.41) is 6.84. The maximum Gasteiger partial charge on any atom is 0.191 e. The molecule has 0 aromatic carbocycles. The third kappa shape index (κ3) is 7.03. The molecule has 2 rings (SSSR count). The summed E-state index contributed by atoms with van der Waals surface area (Å²) in [5.41, 5.74) is 1.11. The number of hydrogen-bond acceptors (Lipinski definition) is 3. The molecule has 5 nitrogen and oxygen atoms in total. The summed E-state index contributed by atoms with van der Waals surface area (Å²) in [6.07, 6.45) is 6.71. The molecular weight excluding hydrogens is 401 g/mol. The number of halogens is 1. The van der Waals surface area contributed by atoms with E-state index in [4.69, 9.17) is 0 Å². The molecule has 0 spiro atoms. The van der Waals surface area contributed by atoms with E-state index in [-0.39, 0.29) is 24.0 Å². The molecule has 0 saturated carbocycles. The number of aliphatic imine (C=N–C) groups is 1. The van der Waals surface area contributed by atoms with Crippen molar-refractivity contribution < 1.29 is 0 Å². The van der Waals surface area contributed by atoms with Crippen molar-refractivity contribution in [3.05, 3.63) is 30.1 Å². The Labute approximate surface area is 157 Å². The molecule has 1 atom stereocenters. The summed E-state index contributed by atoms with van der Waals surface area (Å²) in [6.45, 7) is 6.43. The number of piperidine rings is 1. The van der Waals surface area contributed by atoms with E-state index in [9.17, 15) is 0 Å². The Morgan fingerprint density at radius 2 is 2.22 bits per heavy atom. The van der Waals surface area contributed by atoms with Gasteiger partial charge in [-0.1, -0.05) is 19.4 Å². The molecule has 1 fully saturated rings. The lowest BCUT2D eigenvalue weighted by molar-refractivity contribution is 0.157. The average Bonchev–Trinajstić information content (AvgIpc) is 2.59. The summed E-state index contributed by atoms with van der Waals surface area (Å²) in [7, 11) is 1.83. The van der Waals surface area contributed by atoms with Gasteiger partial charge in [-0.3, -0.25) is 14.9 Å². The van der Waals surface area contributed by atoms with Crippen LogP contribution in [0.4, 0.5) is 0 Å². The minimum Gasteiger partial charge on any atom is -0.356 e. The summed E-state index contributed by atoms with van der Waals surface area (Å²) >= 11 is 0. The SMILES string of the molecule is CCN1CCCCC1CNC(=NC)NCCc1ccccn1.I. The monoisotopic (exact) mass is 431 g/mol. The number of likely N-dealkylation sites (N-methyl/N-ethyl adjacent to an activating group) is 1. The van der Waals surface area contributed by atoms with Gasteiger partial charge in [0.2, 0.25) is 0 Å². The Kier molecular flexibility index (Phi) is 10.2. The Morgan fingerprint density at radius 3 is 2.91 bits per heavy atom. The average molecular weight is 431 g/mol. The van der Waals surface area contributed by atoms with E-state index in [1.165, 1.54) is 25.8 Å². The molecule has 2 heterocycles. The highest BCUT2D eigenvalue weighted by atomic mass is 127. The van der Waals surface area contributed by atoms with Gasteiger partial charge in [0.15, 0.2) is 5.96 Å². The van der Waals surface area contributed by atoms with E-state index in [2.05, 4.69) is 38.5 Å². The molecule has 1 saturated heterocycles. The van der Waals surface area contributed by atoms with Crippen LogP contribution in [0.3, 0.4) is 0 Å². The van der Waals surface area contributed by atoms with E-state index in [0.29, 0.717) is 6.04 Å². The third-order valence-electron chi connectivity index (χ3n) is 4.28. The maximum absolute atomic E-state index is 4.33. The molecule has 0 amide bonds. The molecule has 1 aromatic rings. The number of nitrogens with one attached hydrogen (secondary N) is 2. The minimum absolute atomic E-state index is 0. The number of pyridine rings is 1. The molecule has 2 N–H and O–H groups in total. The van der Waals surface area contributed by atoms with Crippen molar-refractivity contribution in [1.29, 1.82) is 0 Å². The van der Waals surface area contributed by atoms with Gasteiger partial charge in [-0.25, -0.2) is 0 Å². The zero-order valence-electron chi connectivity index (χ0n) is 14.3. The second-order valence-electron chi connectivity index (χ2n) is 5.73. The van der Waals surface area contributed by atoms with E-state index in [1.807, 2.05) is 25.4 Å². The number of rotatable bonds is 6. The van der Waals surface area contributed by atoms with Crippen LogP contribution in [-0.4, -0.2) is 55.1 Å². The van der Waals surface area contributed by atoms with Crippen LogP contribution >= 0.6 is 24.0 Å². The van der Waals surface area contributed by atoms with Crippen LogP contribution < -0.4 is 10.6 Å². The van der Waals surface area contributed by atoms with Crippen LogP contribution in [0.25, 0.3) is 0 Å². The predicted octanol–water partition coefficient (Wildman–Crippen LogP) is 2.28. The number of nitrogens with zero attached hydrogens (tertiary/aromatic N) is 3. The molecule has 0 radical (unpaired) electrons.